The van der Waals surface area contributed by atoms with Gasteiger partial charge in [0, 0.05) is 6.54 Å². The van der Waals surface area contributed by atoms with E-state index in [2.05, 4.69) is 5.32 Å². The highest BCUT2D eigenvalue weighted by Crippen LogP contribution is 2.31. The highest BCUT2D eigenvalue weighted by atomic mass is 35.5. The highest BCUT2D eigenvalue weighted by molar-refractivity contribution is 6.33. The molecule has 3 nitrogen and oxygen atoms in total. The molecule has 1 aromatic rings. The van der Waals surface area contributed by atoms with Gasteiger partial charge in [0.15, 0.2) is 0 Å². The number of carboxylic acids is 1. The number of aromatic carboxylic acids is 1. The molecule has 0 atom stereocenters. The third kappa shape index (κ3) is 2.44. The summed E-state index contributed by atoms with van der Waals surface area (Å²) in [6.07, 6.45) is 2.36. The van der Waals surface area contributed by atoms with Crippen LogP contribution in [0.15, 0.2) is 12.1 Å². The number of anilines is 1. The van der Waals surface area contributed by atoms with Gasteiger partial charge in [0.25, 0.3) is 0 Å². The van der Waals surface area contributed by atoms with E-state index < -0.39 is 11.8 Å². The van der Waals surface area contributed by atoms with Crippen LogP contribution in [0.25, 0.3) is 0 Å². The van der Waals surface area contributed by atoms with Crippen LogP contribution in [0.1, 0.15) is 23.2 Å². The molecule has 16 heavy (non-hydrogen) atoms. The number of nitrogens with one attached hydrogen (secondary N) is 1. The van der Waals surface area contributed by atoms with E-state index in [0.29, 0.717) is 11.6 Å². The number of carboxylic acid groups (broad SMARTS) is 1. The number of carbonyl (C=O) groups is 1. The van der Waals surface area contributed by atoms with Gasteiger partial charge in [0.1, 0.15) is 5.82 Å². The summed E-state index contributed by atoms with van der Waals surface area (Å²) in [6.45, 7) is 0.754. The fourth-order valence-corrected chi connectivity index (χ4v) is 1.64. The highest BCUT2D eigenvalue weighted by Gasteiger charge is 2.21. The van der Waals surface area contributed by atoms with Gasteiger partial charge in [-0.3, -0.25) is 0 Å². The molecule has 0 aromatic heterocycles. The molecular weight excluding hydrogens is 233 g/mol. The van der Waals surface area contributed by atoms with E-state index >= 15 is 0 Å². The molecule has 0 unspecified atom stereocenters. The summed E-state index contributed by atoms with van der Waals surface area (Å²) in [6, 6.07) is 2.27. The lowest BCUT2D eigenvalue weighted by Gasteiger charge is -2.09. The molecule has 0 amide bonds. The Balaban J connectivity index is 2.21. The summed E-state index contributed by atoms with van der Waals surface area (Å²) in [7, 11) is 0. The molecule has 1 aliphatic rings. The van der Waals surface area contributed by atoms with Crippen molar-refractivity contribution >= 4 is 23.3 Å². The second kappa shape index (κ2) is 4.29. The Morgan fingerprint density at radius 1 is 1.56 bits per heavy atom. The lowest BCUT2D eigenvalue weighted by Crippen LogP contribution is -2.07. The fraction of sp³-hybridized carbons (Fsp3) is 0.364. The maximum Gasteiger partial charge on any atom is 0.338 e. The molecule has 1 aromatic carbocycles. The van der Waals surface area contributed by atoms with Gasteiger partial charge in [-0.2, -0.15) is 0 Å². The zero-order valence-corrected chi connectivity index (χ0v) is 9.22. The van der Waals surface area contributed by atoms with E-state index in [1.165, 1.54) is 18.9 Å². The molecule has 1 saturated carbocycles. The number of hydrogen-bond donors (Lipinski definition) is 2. The molecule has 2 N–H and O–H groups in total. The van der Waals surface area contributed by atoms with Gasteiger partial charge in [0.05, 0.1) is 16.3 Å². The quantitative estimate of drug-likeness (QED) is 0.855. The smallest absolute Gasteiger partial charge is 0.338 e. The van der Waals surface area contributed by atoms with E-state index in [1.807, 2.05) is 0 Å². The predicted molar refractivity (Wildman–Crippen MR) is 59.6 cm³/mol. The normalized spacial score (nSPS) is 14.9. The summed E-state index contributed by atoms with van der Waals surface area (Å²) < 4.78 is 13.2. The molecular formula is C11H11ClFNO2. The maximum atomic E-state index is 13.2. The van der Waals surface area contributed by atoms with Gasteiger partial charge < -0.3 is 10.4 Å². The molecule has 5 heteroatoms. The van der Waals surface area contributed by atoms with Crippen LogP contribution in [0.5, 0.6) is 0 Å². The van der Waals surface area contributed by atoms with E-state index in [1.54, 1.807) is 0 Å². The van der Waals surface area contributed by atoms with Crippen LogP contribution in [-0.2, 0) is 0 Å². The average Bonchev–Trinajstić information content (AvgIpc) is 2.99. The lowest BCUT2D eigenvalue weighted by molar-refractivity contribution is 0.0692. The minimum atomic E-state index is -1.29. The molecule has 0 heterocycles. The van der Waals surface area contributed by atoms with Gasteiger partial charge in [-0.25, -0.2) is 9.18 Å². The zero-order chi connectivity index (χ0) is 11.7. The Kier molecular flexibility index (Phi) is 3.01. The SMILES string of the molecule is O=C(O)c1cc(NCC2CC2)c(Cl)cc1F. The Labute approximate surface area is 97.2 Å². The molecule has 0 saturated heterocycles. The number of rotatable bonds is 4. The van der Waals surface area contributed by atoms with Crippen molar-refractivity contribution in [1.29, 1.82) is 0 Å². The largest absolute Gasteiger partial charge is 0.478 e. The van der Waals surface area contributed by atoms with Crippen LogP contribution < -0.4 is 5.32 Å². The summed E-state index contributed by atoms with van der Waals surface area (Å²) in [4.78, 5) is 10.7. The van der Waals surface area contributed by atoms with Crippen LogP contribution in [0, 0.1) is 11.7 Å². The van der Waals surface area contributed by atoms with Crippen molar-refractivity contribution in [3.05, 3.63) is 28.5 Å². The second-order valence-corrected chi connectivity index (χ2v) is 4.35. The monoisotopic (exact) mass is 243 g/mol. The van der Waals surface area contributed by atoms with Crippen LogP contribution >= 0.6 is 11.6 Å². The number of benzene rings is 1. The molecule has 86 valence electrons. The third-order valence-corrected chi connectivity index (χ3v) is 2.88. The Hall–Kier alpha value is -1.29. The van der Waals surface area contributed by atoms with Gasteiger partial charge in [-0.15, -0.1) is 0 Å². The van der Waals surface area contributed by atoms with Crippen LogP contribution in [0.2, 0.25) is 5.02 Å². The first-order valence-corrected chi connectivity index (χ1v) is 5.42. The summed E-state index contributed by atoms with van der Waals surface area (Å²) in [5.41, 5.74) is 0.120. The van der Waals surface area contributed by atoms with E-state index in [4.69, 9.17) is 16.7 Å². The van der Waals surface area contributed by atoms with Crippen molar-refractivity contribution in [3.8, 4) is 0 Å². The van der Waals surface area contributed by atoms with Crippen molar-refractivity contribution in [2.45, 2.75) is 12.8 Å². The maximum absolute atomic E-state index is 13.2. The lowest BCUT2D eigenvalue weighted by atomic mass is 10.2. The van der Waals surface area contributed by atoms with E-state index in [-0.39, 0.29) is 10.6 Å². The van der Waals surface area contributed by atoms with Crippen LogP contribution in [0.3, 0.4) is 0 Å². The number of halogens is 2. The molecule has 0 spiro atoms. The minimum absolute atomic E-state index is 0.211. The first kappa shape index (κ1) is 11.2. The third-order valence-electron chi connectivity index (χ3n) is 2.57. The van der Waals surface area contributed by atoms with Crippen molar-refractivity contribution in [3.63, 3.8) is 0 Å². The van der Waals surface area contributed by atoms with Crippen LogP contribution in [0.4, 0.5) is 10.1 Å². The van der Waals surface area contributed by atoms with Gasteiger partial charge in [-0.05, 0) is 30.9 Å². The summed E-state index contributed by atoms with van der Waals surface area (Å²) in [5.74, 6) is -1.47. The summed E-state index contributed by atoms with van der Waals surface area (Å²) >= 11 is 5.81. The van der Waals surface area contributed by atoms with E-state index in [0.717, 1.165) is 12.6 Å². The molecule has 2 rings (SSSR count). The minimum Gasteiger partial charge on any atom is -0.478 e. The Bertz CT molecular complexity index is 432. The van der Waals surface area contributed by atoms with Gasteiger partial charge >= 0.3 is 5.97 Å². The first-order valence-electron chi connectivity index (χ1n) is 5.04. The van der Waals surface area contributed by atoms with Crippen molar-refractivity contribution in [2.75, 3.05) is 11.9 Å². The molecule has 1 aliphatic carbocycles. The van der Waals surface area contributed by atoms with Crippen LogP contribution in [-0.4, -0.2) is 17.6 Å². The van der Waals surface area contributed by atoms with Crippen molar-refractivity contribution in [1.82, 2.24) is 0 Å². The second-order valence-electron chi connectivity index (χ2n) is 3.94. The van der Waals surface area contributed by atoms with E-state index in [9.17, 15) is 9.18 Å². The number of hydrogen-bond acceptors (Lipinski definition) is 2. The Morgan fingerprint density at radius 2 is 2.25 bits per heavy atom. The van der Waals surface area contributed by atoms with Gasteiger partial charge in [0.2, 0.25) is 0 Å². The van der Waals surface area contributed by atoms with Gasteiger partial charge in [-0.1, -0.05) is 11.6 Å². The average molecular weight is 244 g/mol. The van der Waals surface area contributed by atoms with Crippen molar-refractivity contribution in [2.24, 2.45) is 5.92 Å². The fourth-order valence-electron chi connectivity index (χ4n) is 1.42. The molecule has 0 bridgehead atoms. The Morgan fingerprint density at radius 3 is 2.81 bits per heavy atom. The standard InChI is InChI=1S/C11H11ClFNO2/c12-8-4-9(13)7(11(15)16)3-10(8)14-5-6-1-2-6/h3-4,6,14H,1-2,5H2,(H,15,16). The predicted octanol–water partition coefficient (Wildman–Crippen LogP) is 3.00. The molecule has 1 fully saturated rings. The zero-order valence-electron chi connectivity index (χ0n) is 8.46. The topological polar surface area (TPSA) is 49.3 Å². The molecule has 0 radical (unpaired) electrons. The summed E-state index contributed by atoms with van der Waals surface area (Å²) in [5, 5.41) is 12.0. The van der Waals surface area contributed by atoms with Crippen molar-refractivity contribution < 1.29 is 14.3 Å². The molecule has 0 aliphatic heterocycles. The first-order chi connectivity index (χ1) is 7.58.